The Kier molecular flexibility index (Phi) is 4.27. The van der Waals surface area contributed by atoms with E-state index in [-0.39, 0.29) is 11.9 Å². The van der Waals surface area contributed by atoms with E-state index in [1.807, 2.05) is 25.1 Å². The Labute approximate surface area is 131 Å². The molecule has 22 heavy (non-hydrogen) atoms. The molecule has 1 aliphatic rings. The molecule has 0 aliphatic heterocycles. The highest BCUT2D eigenvalue weighted by molar-refractivity contribution is 5.82. The first-order valence-electron chi connectivity index (χ1n) is 8.05. The highest BCUT2D eigenvalue weighted by atomic mass is 16.1. The van der Waals surface area contributed by atoms with Crippen molar-refractivity contribution in [2.75, 3.05) is 0 Å². The molecule has 0 saturated heterocycles. The maximum absolute atomic E-state index is 12.2. The smallest absolute Gasteiger partial charge is 0.224 e. The van der Waals surface area contributed by atoms with E-state index in [0.29, 0.717) is 6.42 Å². The number of rotatable bonds is 4. The number of imidazole rings is 1. The fraction of sp³-hybridized carbons (Fsp3) is 0.444. The number of hydrogen-bond donors (Lipinski definition) is 2. The van der Waals surface area contributed by atoms with Crippen LogP contribution in [-0.4, -0.2) is 21.9 Å². The molecule has 1 aromatic heterocycles. The van der Waals surface area contributed by atoms with Gasteiger partial charge in [-0.1, -0.05) is 17.7 Å². The lowest BCUT2D eigenvalue weighted by Crippen LogP contribution is -2.35. The molecular formula is C18H23N3O. The molecule has 0 fully saturated rings. The zero-order chi connectivity index (χ0) is 15.5. The van der Waals surface area contributed by atoms with Gasteiger partial charge in [0.15, 0.2) is 0 Å². The minimum absolute atomic E-state index is 0.0783. The summed E-state index contributed by atoms with van der Waals surface area (Å²) in [5, 5.41) is 3.12. The van der Waals surface area contributed by atoms with Crippen molar-refractivity contribution in [1.29, 1.82) is 0 Å². The van der Waals surface area contributed by atoms with Crippen molar-refractivity contribution in [2.24, 2.45) is 0 Å². The summed E-state index contributed by atoms with van der Waals surface area (Å²) in [6.07, 6.45) is 7.46. The summed E-state index contributed by atoms with van der Waals surface area (Å²) in [6.45, 7) is 4.02. The molecule has 0 saturated carbocycles. The molecule has 0 unspecified atom stereocenters. The molecule has 1 aliphatic carbocycles. The monoisotopic (exact) mass is 297 g/mol. The molecule has 4 nitrogen and oxygen atoms in total. The minimum atomic E-state index is 0.0783. The summed E-state index contributed by atoms with van der Waals surface area (Å²) in [5.74, 6) is 0.976. The number of hydrogen-bond acceptors (Lipinski definition) is 2. The van der Waals surface area contributed by atoms with Gasteiger partial charge in [0, 0.05) is 6.04 Å². The van der Waals surface area contributed by atoms with Crippen LogP contribution in [0.15, 0.2) is 29.8 Å². The van der Waals surface area contributed by atoms with Gasteiger partial charge in [-0.3, -0.25) is 4.79 Å². The fourth-order valence-electron chi connectivity index (χ4n) is 3.12. The summed E-state index contributed by atoms with van der Waals surface area (Å²) in [7, 11) is 0. The zero-order valence-corrected chi connectivity index (χ0v) is 13.3. The Bertz CT molecular complexity index is 714. The van der Waals surface area contributed by atoms with E-state index in [9.17, 15) is 4.79 Å². The van der Waals surface area contributed by atoms with E-state index >= 15 is 0 Å². The van der Waals surface area contributed by atoms with Gasteiger partial charge in [0.05, 0.1) is 17.5 Å². The number of amides is 1. The van der Waals surface area contributed by atoms with Gasteiger partial charge in [-0.15, -0.1) is 0 Å². The molecule has 1 amide bonds. The van der Waals surface area contributed by atoms with Crippen LogP contribution in [0.2, 0.25) is 0 Å². The van der Waals surface area contributed by atoms with Crippen molar-refractivity contribution in [3.8, 4) is 0 Å². The van der Waals surface area contributed by atoms with Crippen molar-refractivity contribution in [1.82, 2.24) is 15.3 Å². The first-order valence-corrected chi connectivity index (χ1v) is 8.05. The van der Waals surface area contributed by atoms with E-state index in [0.717, 1.165) is 35.3 Å². The maximum atomic E-state index is 12.2. The second-order valence-electron chi connectivity index (χ2n) is 6.16. The van der Waals surface area contributed by atoms with E-state index in [4.69, 9.17) is 0 Å². The predicted molar refractivity (Wildman–Crippen MR) is 88.7 cm³/mol. The number of allylic oxidation sites excluding steroid dienone is 1. The maximum Gasteiger partial charge on any atom is 0.224 e. The van der Waals surface area contributed by atoms with Crippen molar-refractivity contribution in [3.05, 3.63) is 41.2 Å². The van der Waals surface area contributed by atoms with Crippen LogP contribution in [0.3, 0.4) is 0 Å². The van der Waals surface area contributed by atoms with Crippen LogP contribution < -0.4 is 5.32 Å². The number of carbonyl (C=O) groups is 1. The average Bonchev–Trinajstić information content (AvgIpc) is 2.87. The quantitative estimate of drug-likeness (QED) is 0.850. The molecule has 1 aromatic carbocycles. The Morgan fingerprint density at radius 2 is 2.27 bits per heavy atom. The lowest BCUT2D eigenvalue weighted by Gasteiger charge is -2.20. The van der Waals surface area contributed by atoms with Crippen LogP contribution in [0.1, 0.15) is 44.0 Å². The number of aromatic amines is 1. The van der Waals surface area contributed by atoms with Crippen molar-refractivity contribution >= 4 is 16.9 Å². The van der Waals surface area contributed by atoms with Gasteiger partial charge in [0.25, 0.3) is 0 Å². The number of H-pyrrole nitrogens is 1. The van der Waals surface area contributed by atoms with Gasteiger partial charge in [-0.2, -0.15) is 0 Å². The highest BCUT2D eigenvalue weighted by Crippen LogP contribution is 2.20. The third-order valence-corrected chi connectivity index (χ3v) is 4.29. The van der Waals surface area contributed by atoms with Gasteiger partial charge in [0.1, 0.15) is 5.82 Å². The summed E-state index contributed by atoms with van der Waals surface area (Å²) >= 11 is 0. The Morgan fingerprint density at radius 1 is 1.41 bits per heavy atom. The van der Waals surface area contributed by atoms with Gasteiger partial charge in [-0.25, -0.2) is 4.98 Å². The highest BCUT2D eigenvalue weighted by Gasteiger charge is 2.14. The molecule has 0 spiro atoms. The number of fused-ring (bicyclic) bond motifs is 1. The molecule has 1 atom stereocenters. The van der Waals surface area contributed by atoms with Crippen LogP contribution >= 0.6 is 0 Å². The molecular weight excluding hydrogens is 274 g/mol. The second-order valence-corrected chi connectivity index (χ2v) is 6.16. The van der Waals surface area contributed by atoms with Gasteiger partial charge in [0.2, 0.25) is 5.91 Å². The second kappa shape index (κ2) is 6.34. The third kappa shape index (κ3) is 3.38. The number of nitrogens with zero attached hydrogens (tertiary/aromatic N) is 1. The first-order chi connectivity index (χ1) is 10.6. The van der Waals surface area contributed by atoms with E-state index in [2.05, 4.69) is 28.3 Å². The number of benzene rings is 1. The van der Waals surface area contributed by atoms with Crippen molar-refractivity contribution < 1.29 is 4.79 Å². The summed E-state index contributed by atoms with van der Waals surface area (Å²) < 4.78 is 0. The van der Waals surface area contributed by atoms with Crippen LogP contribution in [0.4, 0.5) is 0 Å². The number of aromatic nitrogens is 2. The number of aryl methyl sites for hydroxylation is 1. The molecule has 0 radical (unpaired) electrons. The predicted octanol–water partition coefficient (Wildman–Crippen LogP) is 3.42. The molecule has 0 bridgehead atoms. The van der Waals surface area contributed by atoms with Crippen LogP contribution in [-0.2, 0) is 11.2 Å². The largest absolute Gasteiger partial charge is 0.350 e. The number of carbonyl (C=O) groups excluding carboxylic acids is 1. The topological polar surface area (TPSA) is 57.8 Å². The molecule has 1 heterocycles. The minimum Gasteiger partial charge on any atom is -0.350 e. The van der Waals surface area contributed by atoms with Crippen LogP contribution in [0.25, 0.3) is 11.0 Å². The SMILES string of the molecule is Cc1nc2ccc(CC(=O)N[C@H](C)C3=CCCCC3)cc2[nH]1. The Hall–Kier alpha value is -2.10. The standard InChI is InChI=1S/C18H23N3O/c1-12(15-6-4-3-5-7-15)19-18(22)11-14-8-9-16-17(10-14)21-13(2)20-16/h6,8-10,12H,3-5,7,11H2,1-2H3,(H,19,22)(H,20,21)/t12-/m1/s1. The van der Waals surface area contributed by atoms with Gasteiger partial charge < -0.3 is 10.3 Å². The number of nitrogens with one attached hydrogen (secondary N) is 2. The van der Waals surface area contributed by atoms with Gasteiger partial charge >= 0.3 is 0 Å². The molecule has 116 valence electrons. The lowest BCUT2D eigenvalue weighted by molar-refractivity contribution is -0.120. The lowest BCUT2D eigenvalue weighted by atomic mass is 9.94. The van der Waals surface area contributed by atoms with Crippen LogP contribution in [0.5, 0.6) is 0 Å². The first kappa shape index (κ1) is 14.8. The van der Waals surface area contributed by atoms with E-state index in [1.54, 1.807) is 0 Å². The van der Waals surface area contributed by atoms with E-state index < -0.39 is 0 Å². The van der Waals surface area contributed by atoms with Crippen molar-refractivity contribution in [2.45, 2.75) is 52.0 Å². The van der Waals surface area contributed by atoms with Crippen molar-refractivity contribution in [3.63, 3.8) is 0 Å². The molecule has 3 rings (SSSR count). The zero-order valence-electron chi connectivity index (χ0n) is 13.3. The molecule has 2 aromatic rings. The van der Waals surface area contributed by atoms with E-state index in [1.165, 1.54) is 18.4 Å². The summed E-state index contributed by atoms with van der Waals surface area (Å²) in [4.78, 5) is 19.8. The van der Waals surface area contributed by atoms with Crippen LogP contribution in [0, 0.1) is 6.92 Å². The fourth-order valence-corrected chi connectivity index (χ4v) is 3.12. The summed E-state index contributed by atoms with van der Waals surface area (Å²) in [6, 6.07) is 6.10. The summed E-state index contributed by atoms with van der Waals surface area (Å²) in [5.41, 5.74) is 4.32. The Balaban J connectivity index is 1.63. The molecule has 2 N–H and O–H groups in total. The van der Waals surface area contributed by atoms with Gasteiger partial charge in [-0.05, 0) is 57.2 Å². The Morgan fingerprint density at radius 3 is 3.05 bits per heavy atom. The normalized spacial score (nSPS) is 16.4. The molecule has 4 heteroatoms. The average molecular weight is 297 g/mol. The third-order valence-electron chi connectivity index (χ3n) is 4.29.